The van der Waals surface area contributed by atoms with Gasteiger partial charge in [0.1, 0.15) is 5.82 Å². The van der Waals surface area contributed by atoms with Crippen LogP contribution in [0.15, 0.2) is 24.3 Å². The fraction of sp³-hybridized carbons (Fsp3) is 0.389. The Morgan fingerprint density at radius 1 is 1.38 bits per heavy atom. The maximum absolute atomic E-state index is 11.4. The number of benzene rings is 1. The highest BCUT2D eigenvalue weighted by atomic mass is 16.5. The number of hydrogen-bond acceptors (Lipinski definition) is 7. The van der Waals surface area contributed by atoms with E-state index in [9.17, 15) is 9.90 Å². The molecule has 0 radical (unpaired) electrons. The van der Waals surface area contributed by atoms with E-state index >= 15 is 0 Å². The molecule has 0 aliphatic carbocycles. The van der Waals surface area contributed by atoms with Gasteiger partial charge in [-0.2, -0.15) is 4.98 Å². The minimum Gasteiger partial charge on any atom is -0.478 e. The van der Waals surface area contributed by atoms with Crippen LogP contribution in [0, 0.1) is 6.92 Å². The van der Waals surface area contributed by atoms with Crippen molar-refractivity contribution in [3.05, 3.63) is 46.6 Å². The van der Waals surface area contributed by atoms with Crippen LogP contribution in [0.1, 0.15) is 27.2 Å². The Kier molecular flexibility index (Phi) is 5.34. The Hall–Kier alpha value is -2.71. The van der Waals surface area contributed by atoms with Crippen LogP contribution in [0.25, 0.3) is 0 Å². The monoisotopic (exact) mass is 357 g/mol. The smallest absolute Gasteiger partial charge is 0.336 e. The first kappa shape index (κ1) is 18.1. The minimum absolute atomic E-state index is 0.194. The van der Waals surface area contributed by atoms with Gasteiger partial charge in [0.25, 0.3) is 0 Å². The zero-order valence-corrected chi connectivity index (χ0v) is 14.9. The quantitative estimate of drug-likeness (QED) is 0.677. The summed E-state index contributed by atoms with van der Waals surface area (Å²) in [6.07, 6.45) is 0. The van der Waals surface area contributed by atoms with Crippen LogP contribution >= 0.6 is 0 Å². The number of aryl methyl sites for hydroxylation is 1. The van der Waals surface area contributed by atoms with E-state index in [0.717, 1.165) is 24.5 Å². The second-order valence-electron chi connectivity index (χ2n) is 6.37. The zero-order chi connectivity index (χ0) is 18.7. The van der Waals surface area contributed by atoms with E-state index in [2.05, 4.69) is 20.2 Å². The third kappa shape index (κ3) is 3.92. The third-order valence-corrected chi connectivity index (χ3v) is 4.53. The van der Waals surface area contributed by atoms with E-state index in [1.54, 1.807) is 12.1 Å². The van der Waals surface area contributed by atoms with Gasteiger partial charge in [-0.15, -0.1) is 0 Å². The van der Waals surface area contributed by atoms with Crippen LogP contribution in [-0.4, -0.2) is 47.2 Å². The summed E-state index contributed by atoms with van der Waals surface area (Å²) in [6.45, 7) is 4.04. The Bertz CT molecular complexity index is 805. The molecule has 26 heavy (non-hydrogen) atoms. The fourth-order valence-corrected chi connectivity index (χ4v) is 2.94. The molecule has 0 amide bonds. The maximum atomic E-state index is 11.4. The van der Waals surface area contributed by atoms with Gasteiger partial charge in [0.05, 0.1) is 24.5 Å². The van der Waals surface area contributed by atoms with Crippen LogP contribution in [0.4, 0.5) is 11.8 Å². The predicted octanol–water partition coefficient (Wildman–Crippen LogP) is 1.19. The minimum atomic E-state index is -0.960. The van der Waals surface area contributed by atoms with Crippen molar-refractivity contribution in [2.45, 2.75) is 26.2 Å². The standard InChI is InChI=1S/C18H23N5O3/c1-11-4-3-5-14(17(24)25)15(11)10-26-9-12-6-16(22-18(19)21-12)23-7-13(8-23)20-2/h3-6,13,20H,7-10H2,1-2H3,(H,24,25)(H2,19,21,22). The SMILES string of the molecule is CNC1CN(c2cc(COCc3c(C)cccc3C(=O)O)nc(N)n2)C1. The van der Waals surface area contributed by atoms with Crippen molar-refractivity contribution in [3.8, 4) is 0 Å². The van der Waals surface area contributed by atoms with Gasteiger partial charge in [-0.05, 0) is 31.2 Å². The topological polar surface area (TPSA) is 114 Å². The van der Waals surface area contributed by atoms with Gasteiger partial charge in [-0.1, -0.05) is 12.1 Å². The molecule has 4 N–H and O–H groups in total. The molecule has 8 nitrogen and oxygen atoms in total. The number of nitrogens with one attached hydrogen (secondary N) is 1. The highest BCUT2D eigenvalue weighted by molar-refractivity contribution is 5.89. The number of nitrogen functional groups attached to an aromatic ring is 1. The molecule has 1 aliphatic heterocycles. The Morgan fingerprint density at radius 2 is 2.15 bits per heavy atom. The first-order valence-corrected chi connectivity index (χ1v) is 8.43. The van der Waals surface area contributed by atoms with Gasteiger partial charge in [0.15, 0.2) is 0 Å². The van der Waals surface area contributed by atoms with Crippen molar-refractivity contribution in [3.63, 3.8) is 0 Å². The van der Waals surface area contributed by atoms with Crippen LogP contribution in [0.3, 0.4) is 0 Å². The third-order valence-electron chi connectivity index (χ3n) is 4.53. The van der Waals surface area contributed by atoms with Gasteiger partial charge in [-0.25, -0.2) is 9.78 Å². The number of anilines is 2. The number of carboxylic acid groups (broad SMARTS) is 1. The molecule has 0 saturated carbocycles. The van der Waals surface area contributed by atoms with Crippen molar-refractivity contribution in [2.75, 3.05) is 30.8 Å². The maximum Gasteiger partial charge on any atom is 0.336 e. The lowest BCUT2D eigenvalue weighted by Crippen LogP contribution is -2.57. The van der Waals surface area contributed by atoms with Crippen molar-refractivity contribution in [2.24, 2.45) is 0 Å². The van der Waals surface area contributed by atoms with Gasteiger partial charge >= 0.3 is 5.97 Å². The van der Waals surface area contributed by atoms with E-state index in [-0.39, 0.29) is 24.7 Å². The van der Waals surface area contributed by atoms with E-state index in [0.29, 0.717) is 17.3 Å². The number of rotatable bonds is 7. The lowest BCUT2D eigenvalue weighted by atomic mass is 10.0. The predicted molar refractivity (Wildman–Crippen MR) is 98.1 cm³/mol. The summed E-state index contributed by atoms with van der Waals surface area (Å²) >= 11 is 0. The first-order valence-electron chi connectivity index (χ1n) is 8.43. The van der Waals surface area contributed by atoms with E-state index in [1.807, 2.05) is 26.1 Å². The first-order chi connectivity index (χ1) is 12.5. The summed E-state index contributed by atoms with van der Waals surface area (Å²) < 4.78 is 5.72. The molecule has 3 rings (SSSR count). The van der Waals surface area contributed by atoms with Crippen LogP contribution < -0.4 is 16.0 Å². The molecule has 8 heteroatoms. The number of carbonyl (C=O) groups is 1. The average molecular weight is 357 g/mol. The van der Waals surface area contributed by atoms with Crippen LogP contribution in [0.5, 0.6) is 0 Å². The molecule has 138 valence electrons. The van der Waals surface area contributed by atoms with Crippen molar-refractivity contribution in [1.82, 2.24) is 15.3 Å². The largest absolute Gasteiger partial charge is 0.478 e. The molecular formula is C18H23N5O3. The van der Waals surface area contributed by atoms with Gasteiger partial charge in [0, 0.05) is 25.2 Å². The molecule has 0 unspecified atom stereocenters. The number of hydrogen-bond donors (Lipinski definition) is 3. The van der Waals surface area contributed by atoms with Gasteiger partial charge < -0.3 is 25.8 Å². The van der Waals surface area contributed by atoms with Crippen molar-refractivity contribution >= 4 is 17.7 Å². The second kappa shape index (κ2) is 7.67. The van der Waals surface area contributed by atoms with Crippen LogP contribution in [-0.2, 0) is 18.0 Å². The molecule has 1 aromatic heterocycles. The lowest BCUT2D eigenvalue weighted by molar-refractivity contribution is 0.0683. The highest BCUT2D eigenvalue weighted by Gasteiger charge is 2.26. The Balaban J connectivity index is 1.66. The molecule has 1 aromatic carbocycles. The summed E-state index contributed by atoms with van der Waals surface area (Å²) in [7, 11) is 1.94. The Morgan fingerprint density at radius 3 is 2.85 bits per heavy atom. The average Bonchev–Trinajstić information content (AvgIpc) is 2.54. The zero-order valence-electron chi connectivity index (χ0n) is 14.9. The number of nitrogens with zero attached hydrogens (tertiary/aromatic N) is 3. The molecule has 1 saturated heterocycles. The van der Waals surface area contributed by atoms with Crippen molar-refractivity contribution in [1.29, 1.82) is 0 Å². The summed E-state index contributed by atoms with van der Waals surface area (Å²) in [6, 6.07) is 7.50. The summed E-state index contributed by atoms with van der Waals surface area (Å²) in [5.41, 5.74) is 8.29. The number of likely N-dealkylation sites (N-methyl/N-ethyl adjacent to an activating group) is 1. The summed E-state index contributed by atoms with van der Waals surface area (Å²) in [4.78, 5) is 22.0. The van der Waals surface area contributed by atoms with E-state index in [4.69, 9.17) is 10.5 Å². The normalized spacial score (nSPS) is 14.3. The van der Waals surface area contributed by atoms with Gasteiger partial charge in [-0.3, -0.25) is 0 Å². The fourth-order valence-electron chi connectivity index (χ4n) is 2.94. The number of aromatic nitrogens is 2. The summed E-state index contributed by atoms with van der Waals surface area (Å²) in [5.74, 6) is 0.0265. The van der Waals surface area contributed by atoms with Gasteiger partial charge in [0.2, 0.25) is 5.95 Å². The molecule has 0 bridgehead atoms. The molecule has 1 fully saturated rings. The number of carboxylic acids is 1. The summed E-state index contributed by atoms with van der Waals surface area (Å²) in [5, 5.41) is 12.5. The molecule has 2 heterocycles. The molecule has 0 atom stereocenters. The van der Waals surface area contributed by atoms with E-state index in [1.165, 1.54) is 0 Å². The Labute approximate surface area is 152 Å². The molecule has 2 aromatic rings. The lowest BCUT2D eigenvalue weighted by Gasteiger charge is -2.40. The molecular weight excluding hydrogens is 334 g/mol. The van der Waals surface area contributed by atoms with Crippen molar-refractivity contribution < 1.29 is 14.6 Å². The highest BCUT2D eigenvalue weighted by Crippen LogP contribution is 2.21. The molecule has 0 spiro atoms. The van der Waals surface area contributed by atoms with Crippen LogP contribution in [0.2, 0.25) is 0 Å². The second-order valence-corrected chi connectivity index (χ2v) is 6.37. The molecule has 1 aliphatic rings. The van der Waals surface area contributed by atoms with E-state index < -0.39 is 5.97 Å². The number of aromatic carboxylic acids is 1. The number of ether oxygens (including phenoxy) is 1. The number of nitrogens with two attached hydrogens (primary N) is 1.